The molecule has 0 spiro atoms. The van der Waals surface area contributed by atoms with Crippen LogP contribution in [-0.4, -0.2) is 26.8 Å². The summed E-state index contributed by atoms with van der Waals surface area (Å²) < 4.78 is 0. The Hall–Kier alpha value is -1.73. The van der Waals surface area contributed by atoms with Gasteiger partial charge < -0.3 is 5.32 Å². The molecule has 0 aliphatic heterocycles. The lowest BCUT2D eigenvalue weighted by Gasteiger charge is -2.07. The van der Waals surface area contributed by atoms with Gasteiger partial charge in [0.05, 0.1) is 21.5 Å². The van der Waals surface area contributed by atoms with Crippen LogP contribution in [0.2, 0.25) is 15.1 Å². The smallest absolute Gasteiger partial charge is 0.234 e. The van der Waals surface area contributed by atoms with Crippen LogP contribution in [0.15, 0.2) is 47.6 Å². The number of aromatic amines is 1. The van der Waals surface area contributed by atoms with Gasteiger partial charge in [-0.1, -0.05) is 52.6 Å². The van der Waals surface area contributed by atoms with Gasteiger partial charge in [-0.05, 0) is 36.4 Å². The normalized spacial score (nSPS) is 10.7. The van der Waals surface area contributed by atoms with Gasteiger partial charge in [-0.25, -0.2) is 4.98 Å². The Morgan fingerprint density at radius 2 is 1.88 bits per heavy atom. The first-order chi connectivity index (χ1) is 12.0. The van der Waals surface area contributed by atoms with Crippen LogP contribution >= 0.6 is 46.6 Å². The third-order valence-electron chi connectivity index (χ3n) is 3.14. The van der Waals surface area contributed by atoms with Crippen molar-refractivity contribution in [3.05, 3.63) is 57.5 Å². The van der Waals surface area contributed by atoms with E-state index < -0.39 is 0 Å². The number of hydrogen-bond donors (Lipinski definition) is 2. The Kier molecular flexibility index (Phi) is 5.86. The number of carbonyl (C=O) groups excluding carboxylic acids is 1. The molecule has 25 heavy (non-hydrogen) atoms. The minimum Gasteiger partial charge on any atom is -0.324 e. The fourth-order valence-corrected chi connectivity index (χ4v) is 3.04. The quantitative estimate of drug-likeness (QED) is 0.567. The van der Waals surface area contributed by atoms with E-state index in [4.69, 9.17) is 34.8 Å². The molecule has 2 N–H and O–H groups in total. The largest absolute Gasteiger partial charge is 0.324 e. The molecule has 0 bridgehead atoms. The van der Waals surface area contributed by atoms with E-state index in [9.17, 15) is 4.79 Å². The maximum absolute atomic E-state index is 12.0. The number of anilines is 1. The number of rotatable bonds is 5. The predicted molar refractivity (Wildman–Crippen MR) is 103 cm³/mol. The molecule has 3 aromatic rings. The van der Waals surface area contributed by atoms with E-state index in [-0.39, 0.29) is 11.7 Å². The van der Waals surface area contributed by atoms with Crippen LogP contribution in [-0.2, 0) is 4.79 Å². The van der Waals surface area contributed by atoms with Crippen molar-refractivity contribution < 1.29 is 4.79 Å². The van der Waals surface area contributed by atoms with Gasteiger partial charge in [-0.15, -0.1) is 5.10 Å². The molecule has 128 valence electrons. The first-order valence-electron chi connectivity index (χ1n) is 7.08. The number of halogens is 3. The average Bonchev–Trinajstić information content (AvgIpc) is 3.07. The summed E-state index contributed by atoms with van der Waals surface area (Å²) in [7, 11) is 0. The van der Waals surface area contributed by atoms with Crippen molar-refractivity contribution in [3.63, 3.8) is 0 Å². The Morgan fingerprint density at radius 3 is 2.64 bits per heavy atom. The molecule has 0 fully saturated rings. The molecule has 0 aliphatic carbocycles. The molecule has 2 aromatic carbocycles. The zero-order valence-electron chi connectivity index (χ0n) is 12.6. The van der Waals surface area contributed by atoms with Crippen molar-refractivity contribution in [3.8, 4) is 11.4 Å². The summed E-state index contributed by atoms with van der Waals surface area (Å²) in [6.07, 6.45) is 0. The van der Waals surface area contributed by atoms with E-state index in [2.05, 4.69) is 20.5 Å². The summed E-state index contributed by atoms with van der Waals surface area (Å²) >= 11 is 19.0. The molecule has 5 nitrogen and oxygen atoms in total. The van der Waals surface area contributed by atoms with Crippen molar-refractivity contribution in [2.45, 2.75) is 5.16 Å². The highest BCUT2D eigenvalue weighted by molar-refractivity contribution is 7.99. The second-order valence-electron chi connectivity index (χ2n) is 4.91. The maximum atomic E-state index is 12.0. The predicted octanol–water partition coefficient (Wildman–Crippen LogP) is 5.16. The van der Waals surface area contributed by atoms with Gasteiger partial charge in [0.25, 0.3) is 0 Å². The Morgan fingerprint density at radius 1 is 1.12 bits per heavy atom. The van der Waals surface area contributed by atoms with Crippen LogP contribution in [0.5, 0.6) is 0 Å². The molecule has 0 aliphatic rings. The van der Waals surface area contributed by atoms with Crippen LogP contribution in [0.3, 0.4) is 0 Å². The highest BCUT2D eigenvalue weighted by atomic mass is 35.5. The number of benzene rings is 2. The molecular weight excluding hydrogens is 403 g/mol. The van der Waals surface area contributed by atoms with Crippen molar-refractivity contribution in [2.75, 3.05) is 11.1 Å². The number of thioether (sulfide) groups is 1. The molecule has 0 saturated carbocycles. The van der Waals surface area contributed by atoms with Crippen molar-refractivity contribution in [2.24, 2.45) is 0 Å². The monoisotopic (exact) mass is 412 g/mol. The van der Waals surface area contributed by atoms with Gasteiger partial charge in [0.1, 0.15) is 0 Å². The summed E-state index contributed by atoms with van der Waals surface area (Å²) in [5.41, 5.74) is 1.33. The summed E-state index contributed by atoms with van der Waals surface area (Å²) in [5, 5.41) is 11.4. The minimum absolute atomic E-state index is 0.140. The highest BCUT2D eigenvalue weighted by Gasteiger charge is 2.11. The van der Waals surface area contributed by atoms with Gasteiger partial charge in [-0.2, -0.15) is 0 Å². The number of amides is 1. The van der Waals surface area contributed by atoms with Crippen LogP contribution in [0.1, 0.15) is 0 Å². The molecule has 0 unspecified atom stereocenters. The van der Waals surface area contributed by atoms with Gasteiger partial charge in [0.15, 0.2) is 5.82 Å². The molecule has 1 amide bonds. The fourth-order valence-electron chi connectivity index (χ4n) is 1.96. The number of nitrogens with one attached hydrogen (secondary N) is 2. The van der Waals surface area contributed by atoms with Crippen LogP contribution in [0.25, 0.3) is 11.4 Å². The van der Waals surface area contributed by atoms with Crippen LogP contribution in [0.4, 0.5) is 5.69 Å². The first-order valence-corrected chi connectivity index (χ1v) is 9.20. The number of nitrogens with zero attached hydrogens (tertiary/aromatic N) is 2. The summed E-state index contributed by atoms with van der Waals surface area (Å²) in [6.45, 7) is 0. The summed E-state index contributed by atoms with van der Waals surface area (Å²) in [4.78, 5) is 16.4. The van der Waals surface area contributed by atoms with Gasteiger partial charge in [0, 0.05) is 10.6 Å². The topological polar surface area (TPSA) is 70.7 Å². The van der Waals surface area contributed by atoms with Gasteiger partial charge >= 0.3 is 0 Å². The summed E-state index contributed by atoms with van der Waals surface area (Å²) in [5.74, 6) is 0.519. The van der Waals surface area contributed by atoms with E-state index in [0.29, 0.717) is 31.7 Å². The zero-order valence-corrected chi connectivity index (χ0v) is 15.7. The minimum atomic E-state index is -0.230. The maximum Gasteiger partial charge on any atom is 0.234 e. The summed E-state index contributed by atoms with van der Waals surface area (Å²) in [6, 6.07) is 12.3. The Balaban J connectivity index is 1.59. The molecule has 9 heteroatoms. The third-order valence-corrected chi connectivity index (χ3v) is 5.06. The van der Waals surface area contributed by atoms with E-state index >= 15 is 0 Å². The Labute approximate surface area is 163 Å². The number of hydrogen-bond acceptors (Lipinski definition) is 4. The average molecular weight is 414 g/mol. The van der Waals surface area contributed by atoms with E-state index in [0.717, 1.165) is 5.56 Å². The van der Waals surface area contributed by atoms with Crippen molar-refractivity contribution in [1.29, 1.82) is 0 Å². The first kappa shape index (κ1) is 18.1. The lowest BCUT2D eigenvalue weighted by atomic mass is 10.2. The molecular formula is C16H11Cl3N4OS. The van der Waals surface area contributed by atoms with E-state index in [1.54, 1.807) is 30.3 Å². The third kappa shape index (κ3) is 4.67. The molecule has 3 rings (SSSR count). The van der Waals surface area contributed by atoms with Crippen LogP contribution < -0.4 is 5.32 Å². The van der Waals surface area contributed by atoms with Crippen molar-refractivity contribution in [1.82, 2.24) is 15.2 Å². The lowest BCUT2D eigenvalue weighted by Crippen LogP contribution is -2.14. The second kappa shape index (κ2) is 8.10. The van der Waals surface area contributed by atoms with Gasteiger partial charge in [0.2, 0.25) is 11.1 Å². The van der Waals surface area contributed by atoms with Crippen LogP contribution in [0, 0.1) is 0 Å². The second-order valence-corrected chi connectivity index (χ2v) is 7.08. The molecule has 0 saturated heterocycles. The number of H-pyrrole nitrogens is 1. The fraction of sp³-hybridized carbons (Fsp3) is 0.0625. The number of carbonyl (C=O) groups is 1. The van der Waals surface area contributed by atoms with E-state index in [1.165, 1.54) is 11.8 Å². The Bertz CT molecular complexity index is 899. The van der Waals surface area contributed by atoms with Gasteiger partial charge in [-0.3, -0.25) is 9.89 Å². The molecule has 0 radical (unpaired) electrons. The SMILES string of the molecule is O=C(CSc1n[nH]c(-c2ccc(Cl)cc2)n1)Nc1cccc(Cl)c1Cl. The standard InChI is InChI=1S/C16H11Cl3N4OS/c17-10-6-4-9(5-7-10)15-21-16(23-22-15)25-8-13(24)20-12-3-1-2-11(18)14(12)19/h1-7H,8H2,(H,20,24)(H,21,22,23). The molecule has 0 atom stereocenters. The lowest BCUT2D eigenvalue weighted by molar-refractivity contribution is -0.113. The van der Waals surface area contributed by atoms with Crippen molar-refractivity contribution >= 4 is 58.2 Å². The molecule has 1 heterocycles. The zero-order chi connectivity index (χ0) is 17.8. The number of aromatic nitrogens is 3. The van der Waals surface area contributed by atoms with E-state index in [1.807, 2.05) is 12.1 Å². The highest BCUT2D eigenvalue weighted by Crippen LogP contribution is 2.29. The molecule has 1 aromatic heterocycles.